The van der Waals surface area contributed by atoms with Crippen molar-refractivity contribution >= 4 is 17.5 Å². The van der Waals surface area contributed by atoms with Crippen molar-refractivity contribution in [2.24, 2.45) is 0 Å². The maximum absolute atomic E-state index is 13.9. The minimum atomic E-state index is -0.841. The van der Waals surface area contributed by atoms with E-state index in [4.69, 9.17) is 0 Å². The van der Waals surface area contributed by atoms with Crippen molar-refractivity contribution in [2.75, 3.05) is 31.1 Å². The molecule has 0 aliphatic carbocycles. The summed E-state index contributed by atoms with van der Waals surface area (Å²) in [6, 6.07) is 5.33. The van der Waals surface area contributed by atoms with Gasteiger partial charge < -0.3 is 9.80 Å². The number of benzene rings is 1. The minimum Gasteiger partial charge on any atom is -0.353 e. The van der Waals surface area contributed by atoms with Gasteiger partial charge in [0.25, 0.3) is 11.7 Å². The molecule has 7 nitrogen and oxygen atoms in total. The summed E-state index contributed by atoms with van der Waals surface area (Å²) in [5.74, 6) is -0.976. The molecule has 26 heavy (non-hydrogen) atoms. The van der Waals surface area contributed by atoms with Crippen LogP contribution in [0.3, 0.4) is 0 Å². The van der Waals surface area contributed by atoms with Crippen LogP contribution >= 0.6 is 0 Å². The SMILES string of the molecule is Cc1cc(N2CCN(C(=O)c3c(F)cccc3F)CC2)n2ncnc2n1. The molecule has 3 heterocycles. The predicted octanol–water partition coefficient (Wildman–Crippen LogP) is 1.67. The lowest BCUT2D eigenvalue weighted by Gasteiger charge is -2.36. The molecule has 1 amide bonds. The fourth-order valence-corrected chi connectivity index (χ4v) is 3.14. The number of hydrogen-bond acceptors (Lipinski definition) is 5. The maximum atomic E-state index is 13.9. The number of piperazine rings is 1. The highest BCUT2D eigenvalue weighted by atomic mass is 19.1. The van der Waals surface area contributed by atoms with E-state index < -0.39 is 23.1 Å². The third kappa shape index (κ3) is 2.75. The maximum Gasteiger partial charge on any atom is 0.259 e. The highest BCUT2D eigenvalue weighted by Gasteiger charge is 2.27. The summed E-state index contributed by atoms with van der Waals surface area (Å²) in [7, 11) is 0. The number of rotatable bonds is 2. The summed E-state index contributed by atoms with van der Waals surface area (Å²) in [5.41, 5.74) is 0.312. The van der Waals surface area contributed by atoms with Gasteiger partial charge in [-0.15, -0.1) is 0 Å². The van der Waals surface area contributed by atoms with Crippen LogP contribution in [-0.4, -0.2) is 56.6 Å². The van der Waals surface area contributed by atoms with E-state index in [-0.39, 0.29) is 0 Å². The highest BCUT2D eigenvalue weighted by molar-refractivity contribution is 5.95. The number of fused-ring (bicyclic) bond motifs is 1. The average Bonchev–Trinajstić information content (AvgIpc) is 3.09. The number of amides is 1. The van der Waals surface area contributed by atoms with E-state index in [9.17, 15) is 13.6 Å². The van der Waals surface area contributed by atoms with Gasteiger partial charge >= 0.3 is 0 Å². The molecule has 0 unspecified atom stereocenters. The first kappa shape index (κ1) is 16.4. The zero-order valence-electron chi connectivity index (χ0n) is 14.1. The van der Waals surface area contributed by atoms with Gasteiger partial charge in [0.05, 0.1) is 0 Å². The van der Waals surface area contributed by atoms with Gasteiger partial charge in [-0.25, -0.2) is 13.8 Å². The van der Waals surface area contributed by atoms with E-state index in [0.717, 1.165) is 23.6 Å². The number of nitrogens with zero attached hydrogens (tertiary/aromatic N) is 6. The van der Waals surface area contributed by atoms with Gasteiger partial charge in [0.2, 0.25) is 0 Å². The van der Waals surface area contributed by atoms with Gasteiger partial charge in [0, 0.05) is 37.9 Å². The molecule has 1 aliphatic heterocycles. The van der Waals surface area contributed by atoms with Crippen molar-refractivity contribution < 1.29 is 13.6 Å². The first-order valence-electron chi connectivity index (χ1n) is 8.20. The Morgan fingerprint density at radius 3 is 2.50 bits per heavy atom. The Kier molecular flexibility index (Phi) is 3.98. The summed E-state index contributed by atoms with van der Waals surface area (Å²) in [6.45, 7) is 3.60. The Balaban J connectivity index is 1.54. The minimum absolute atomic E-state index is 0.351. The van der Waals surface area contributed by atoms with Crippen molar-refractivity contribution in [3.8, 4) is 0 Å². The summed E-state index contributed by atoms with van der Waals surface area (Å²) in [5, 5.41) is 4.18. The molecule has 0 spiro atoms. The molecule has 9 heteroatoms. The average molecular weight is 358 g/mol. The number of carbonyl (C=O) groups is 1. The number of aryl methyl sites for hydroxylation is 1. The van der Waals surface area contributed by atoms with E-state index >= 15 is 0 Å². The van der Waals surface area contributed by atoms with Crippen molar-refractivity contribution in [3.05, 3.63) is 53.5 Å². The van der Waals surface area contributed by atoms with Crippen molar-refractivity contribution in [1.82, 2.24) is 24.5 Å². The molecule has 0 saturated carbocycles. The quantitative estimate of drug-likeness (QED) is 0.697. The monoisotopic (exact) mass is 358 g/mol. The van der Waals surface area contributed by atoms with Gasteiger partial charge in [-0.1, -0.05) is 6.07 Å². The first-order valence-corrected chi connectivity index (χ1v) is 8.20. The molecular formula is C17H16F2N6O. The van der Waals surface area contributed by atoms with Crippen molar-refractivity contribution in [2.45, 2.75) is 6.92 Å². The van der Waals surface area contributed by atoms with Crippen LogP contribution in [0, 0.1) is 18.6 Å². The van der Waals surface area contributed by atoms with E-state index in [0.29, 0.717) is 32.0 Å². The lowest BCUT2D eigenvalue weighted by atomic mass is 10.1. The largest absolute Gasteiger partial charge is 0.353 e. The highest BCUT2D eigenvalue weighted by Crippen LogP contribution is 2.20. The summed E-state index contributed by atoms with van der Waals surface area (Å²) < 4.78 is 29.4. The molecule has 0 bridgehead atoms. The van der Waals surface area contributed by atoms with Crippen molar-refractivity contribution in [3.63, 3.8) is 0 Å². The summed E-state index contributed by atoms with van der Waals surface area (Å²) >= 11 is 0. The zero-order chi connectivity index (χ0) is 18.3. The zero-order valence-corrected chi connectivity index (χ0v) is 14.1. The van der Waals surface area contributed by atoms with Crippen LogP contribution in [0.1, 0.15) is 16.1 Å². The second-order valence-corrected chi connectivity index (χ2v) is 6.10. The second kappa shape index (κ2) is 6.32. The smallest absolute Gasteiger partial charge is 0.259 e. The molecule has 3 aromatic rings. The van der Waals surface area contributed by atoms with E-state index in [1.54, 1.807) is 4.52 Å². The molecule has 4 rings (SSSR count). The summed E-state index contributed by atoms with van der Waals surface area (Å²) in [6.07, 6.45) is 1.44. The number of hydrogen-bond donors (Lipinski definition) is 0. The van der Waals surface area contributed by atoms with E-state index in [2.05, 4.69) is 20.0 Å². The second-order valence-electron chi connectivity index (χ2n) is 6.10. The van der Waals surface area contributed by atoms with Gasteiger partial charge in [-0.2, -0.15) is 14.6 Å². The topological polar surface area (TPSA) is 66.6 Å². The van der Waals surface area contributed by atoms with Crippen LogP contribution in [0.5, 0.6) is 0 Å². The van der Waals surface area contributed by atoms with E-state index in [1.807, 2.05) is 13.0 Å². The fourth-order valence-electron chi connectivity index (χ4n) is 3.14. The Morgan fingerprint density at radius 2 is 1.81 bits per heavy atom. The fraction of sp³-hybridized carbons (Fsp3) is 0.294. The summed E-state index contributed by atoms with van der Waals surface area (Å²) in [4.78, 5) is 24.4. The van der Waals surface area contributed by atoms with Gasteiger partial charge in [-0.05, 0) is 19.1 Å². The van der Waals surface area contributed by atoms with Crippen LogP contribution in [0.2, 0.25) is 0 Å². The molecule has 0 N–H and O–H groups in total. The normalized spacial score (nSPS) is 14.9. The molecule has 0 atom stereocenters. The molecule has 1 aliphatic rings. The Morgan fingerprint density at radius 1 is 1.12 bits per heavy atom. The Hall–Kier alpha value is -3.10. The van der Waals surface area contributed by atoms with Crippen LogP contribution in [0.4, 0.5) is 14.6 Å². The number of anilines is 1. The van der Waals surface area contributed by atoms with Gasteiger partial charge in [0.1, 0.15) is 29.3 Å². The number of carbonyl (C=O) groups excluding carboxylic acids is 1. The number of halogens is 2. The third-order valence-electron chi connectivity index (χ3n) is 4.43. The molecule has 2 aromatic heterocycles. The van der Waals surface area contributed by atoms with E-state index in [1.165, 1.54) is 17.3 Å². The molecule has 1 fully saturated rings. The van der Waals surface area contributed by atoms with Gasteiger partial charge in [0.15, 0.2) is 0 Å². The standard InChI is InChI=1S/C17H16F2N6O/c1-11-9-14(25-17(22-11)20-10-21-25)23-5-7-24(8-6-23)16(26)15-12(18)3-2-4-13(15)19/h2-4,9-10H,5-8H2,1H3. The third-order valence-corrected chi connectivity index (χ3v) is 4.43. The van der Waals surface area contributed by atoms with Crippen LogP contribution in [0.15, 0.2) is 30.6 Å². The molecule has 134 valence electrons. The number of aromatic nitrogens is 4. The molecule has 0 radical (unpaired) electrons. The van der Waals surface area contributed by atoms with Crippen LogP contribution < -0.4 is 4.90 Å². The Bertz CT molecular complexity index is 960. The molecule has 1 aromatic carbocycles. The molecular weight excluding hydrogens is 342 g/mol. The Labute approximate surface area is 147 Å². The van der Waals surface area contributed by atoms with Crippen molar-refractivity contribution in [1.29, 1.82) is 0 Å². The lowest BCUT2D eigenvalue weighted by molar-refractivity contribution is 0.0736. The molecule has 1 saturated heterocycles. The predicted molar refractivity (Wildman–Crippen MR) is 90.0 cm³/mol. The van der Waals surface area contributed by atoms with Gasteiger partial charge in [-0.3, -0.25) is 4.79 Å². The first-order chi connectivity index (χ1) is 12.5. The lowest BCUT2D eigenvalue weighted by Crippen LogP contribution is -2.49. The van der Waals surface area contributed by atoms with Crippen LogP contribution in [-0.2, 0) is 0 Å². The van der Waals surface area contributed by atoms with Crippen LogP contribution in [0.25, 0.3) is 5.78 Å².